The normalized spacial score (nSPS) is 15.3. The number of hydrogen-bond acceptors (Lipinski definition) is 5. The summed E-state index contributed by atoms with van der Waals surface area (Å²) in [5.74, 6) is -0.0121. The van der Waals surface area contributed by atoms with Crippen LogP contribution in [-0.4, -0.2) is 20.5 Å². The van der Waals surface area contributed by atoms with E-state index in [1.165, 1.54) is 11.3 Å². The molecule has 1 aliphatic rings. The molecule has 27 heavy (non-hydrogen) atoms. The SMILES string of the molecule is Cc1sc2nc(C(C)OC(=O)c3cc(C)n(C4CC4)c3C)[nH]c(=O)c2c1C. The Morgan fingerprint density at radius 2 is 2.04 bits per heavy atom. The number of hydrogen-bond donors (Lipinski definition) is 1. The van der Waals surface area contributed by atoms with E-state index >= 15 is 0 Å². The maximum Gasteiger partial charge on any atom is 0.340 e. The fourth-order valence-electron chi connectivity index (χ4n) is 3.62. The number of fused-ring (bicyclic) bond motifs is 1. The van der Waals surface area contributed by atoms with Crippen LogP contribution in [-0.2, 0) is 4.74 Å². The van der Waals surface area contributed by atoms with E-state index < -0.39 is 6.10 Å². The van der Waals surface area contributed by atoms with Crippen molar-refractivity contribution >= 4 is 27.5 Å². The molecule has 3 aromatic heterocycles. The summed E-state index contributed by atoms with van der Waals surface area (Å²) in [5, 5.41) is 0.618. The summed E-state index contributed by atoms with van der Waals surface area (Å²) in [5.41, 5.74) is 3.36. The van der Waals surface area contributed by atoms with E-state index in [0.29, 0.717) is 27.6 Å². The van der Waals surface area contributed by atoms with Gasteiger partial charge in [0.1, 0.15) is 4.83 Å². The highest BCUT2D eigenvalue weighted by Gasteiger charge is 2.29. The smallest absolute Gasteiger partial charge is 0.340 e. The third-order valence-electron chi connectivity index (χ3n) is 5.34. The average Bonchev–Trinajstić information content (AvgIpc) is 3.32. The molecule has 1 atom stereocenters. The van der Waals surface area contributed by atoms with Crippen LogP contribution in [0.4, 0.5) is 0 Å². The third-order valence-corrected chi connectivity index (χ3v) is 6.44. The molecular weight excluding hydrogens is 362 g/mol. The number of esters is 1. The molecule has 0 spiro atoms. The zero-order valence-corrected chi connectivity index (χ0v) is 17.0. The summed E-state index contributed by atoms with van der Waals surface area (Å²) in [6.07, 6.45) is 1.68. The van der Waals surface area contributed by atoms with Gasteiger partial charge in [-0.15, -0.1) is 11.3 Å². The van der Waals surface area contributed by atoms with Gasteiger partial charge >= 0.3 is 5.97 Å². The van der Waals surface area contributed by atoms with E-state index in [1.54, 1.807) is 6.92 Å². The van der Waals surface area contributed by atoms with Gasteiger partial charge in [0.15, 0.2) is 11.9 Å². The lowest BCUT2D eigenvalue weighted by molar-refractivity contribution is 0.0319. The predicted octanol–water partition coefficient (Wildman–Crippen LogP) is 4.27. The molecule has 0 radical (unpaired) electrons. The monoisotopic (exact) mass is 385 g/mol. The zero-order chi connectivity index (χ0) is 19.5. The lowest BCUT2D eigenvalue weighted by Gasteiger charge is -2.13. The van der Waals surface area contributed by atoms with Crippen LogP contribution in [0.25, 0.3) is 10.2 Å². The van der Waals surface area contributed by atoms with Crippen molar-refractivity contribution in [3.8, 4) is 0 Å². The molecule has 7 heteroatoms. The van der Waals surface area contributed by atoms with Gasteiger partial charge in [0, 0.05) is 22.3 Å². The molecule has 142 valence electrons. The van der Waals surface area contributed by atoms with E-state index in [2.05, 4.69) is 14.5 Å². The van der Waals surface area contributed by atoms with Crippen molar-refractivity contribution in [2.24, 2.45) is 0 Å². The fourth-order valence-corrected chi connectivity index (χ4v) is 4.66. The number of ether oxygens (including phenoxy) is 1. The third kappa shape index (κ3) is 3.00. The van der Waals surface area contributed by atoms with Crippen LogP contribution in [0.1, 0.15) is 69.9 Å². The molecule has 3 aromatic rings. The first-order chi connectivity index (χ1) is 12.8. The predicted molar refractivity (Wildman–Crippen MR) is 106 cm³/mol. The number of thiophene rings is 1. The summed E-state index contributed by atoms with van der Waals surface area (Å²) in [4.78, 5) is 34.2. The van der Waals surface area contributed by atoms with Gasteiger partial charge in [0.05, 0.1) is 10.9 Å². The first kappa shape index (κ1) is 18.0. The van der Waals surface area contributed by atoms with E-state index in [-0.39, 0.29) is 11.5 Å². The lowest BCUT2D eigenvalue weighted by atomic mass is 10.2. The highest BCUT2D eigenvalue weighted by atomic mass is 32.1. The molecule has 1 aliphatic carbocycles. The Bertz CT molecular complexity index is 1120. The van der Waals surface area contributed by atoms with Crippen molar-refractivity contribution in [3.05, 3.63) is 49.6 Å². The molecule has 0 saturated heterocycles. The molecule has 4 rings (SSSR count). The highest BCUT2D eigenvalue weighted by molar-refractivity contribution is 7.18. The molecule has 1 unspecified atom stereocenters. The van der Waals surface area contributed by atoms with Crippen LogP contribution in [0, 0.1) is 27.7 Å². The molecule has 1 N–H and O–H groups in total. The molecule has 0 aromatic carbocycles. The molecule has 6 nitrogen and oxygen atoms in total. The Morgan fingerprint density at radius 3 is 2.70 bits per heavy atom. The number of nitrogens with one attached hydrogen (secondary N) is 1. The largest absolute Gasteiger partial charge is 0.451 e. The highest BCUT2D eigenvalue weighted by Crippen LogP contribution is 2.38. The van der Waals surface area contributed by atoms with Crippen LogP contribution < -0.4 is 5.56 Å². The van der Waals surface area contributed by atoms with Crippen molar-refractivity contribution < 1.29 is 9.53 Å². The topological polar surface area (TPSA) is 77.0 Å². The number of rotatable bonds is 4. The maximum atomic E-state index is 12.7. The number of carbonyl (C=O) groups is 1. The standard InChI is InChI=1S/C20H23N3O3S/c1-9-8-15(11(3)23(9)14-6-7-14)20(25)26-12(4)17-21-18(24)16-10(2)13(5)27-19(16)22-17/h8,12,14H,6-7H2,1-5H3,(H,21,22,24). The van der Waals surface area contributed by atoms with Gasteiger partial charge in [-0.1, -0.05) is 0 Å². The first-order valence-electron chi connectivity index (χ1n) is 9.17. The van der Waals surface area contributed by atoms with Gasteiger partial charge in [0.2, 0.25) is 0 Å². The van der Waals surface area contributed by atoms with Crippen LogP contribution >= 0.6 is 11.3 Å². The Balaban J connectivity index is 1.61. The first-order valence-corrected chi connectivity index (χ1v) is 9.99. The number of H-pyrrole nitrogens is 1. The molecule has 3 heterocycles. The van der Waals surface area contributed by atoms with Gasteiger partial charge < -0.3 is 14.3 Å². The number of aromatic amines is 1. The fraction of sp³-hybridized carbons (Fsp3) is 0.450. The number of nitrogens with zero attached hydrogens (tertiary/aromatic N) is 2. The summed E-state index contributed by atoms with van der Waals surface area (Å²) in [7, 11) is 0. The van der Waals surface area contributed by atoms with Crippen LogP contribution in [0.15, 0.2) is 10.9 Å². The molecule has 0 aliphatic heterocycles. The summed E-state index contributed by atoms with van der Waals surface area (Å²) in [6.45, 7) is 9.59. The lowest BCUT2D eigenvalue weighted by Crippen LogP contribution is -2.17. The molecular formula is C20H23N3O3S. The van der Waals surface area contributed by atoms with Gasteiger partial charge in [0.25, 0.3) is 5.56 Å². The second-order valence-electron chi connectivity index (χ2n) is 7.35. The summed E-state index contributed by atoms with van der Waals surface area (Å²) in [6, 6.07) is 2.39. The molecule has 1 saturated carbocycles. The average molecular weight is 385 g/mol. The number of carbonyl (C=O) groups excluding carboxylic acids is 1. The van der Waals surface area contributed by atoms with Gasteiger partial charge in [-0.05, 0) is 59.1 Å². The van der Waals surface area contributed by atoms with Crippen molar-refractivity contribution in [3.63, 3.8) is 0 Å². The number of aromatic nitrogens is 3. The van der Waals surface area contributed by atoms with Gasteiger partial charge in [-0.2, -0.15) is 0 Å². The van der Waals surface area contributed by atoms with Crippen LogP contribution in [0.2, 0.25) is 0 Å². The maximum absolute atomic E-state index is 12.7. The zero-order valence-electron chi connectivity index (χ0n) is 16.2. The Kier molecular flexibility index (Phi) is 4.22. The van der Waals surface area contributed by atoms with E-state index in [0.717, 1.165) is 34.7 Å². The van der Waals surface area contributed by atoms with Crippen LogP contribution in [0.3, 0.4) is 0 Å². The van der Waals surface area contributed by atoms with Gasteiger partial charge in [-0.25, -0.2) is 9.78 Å². The van der Waals surface area contributed by atoms with Crippen molar-refractivity contribution in [1.82, 2.24) is 14.5 Å². The minimum absolute atomic E-state index is 0.188. The molecule has 0 amide bonds. The summed E-state index contributed by atoms with van der Waals surface area (Å²) >= 11 is 1.48. The minimum Gasteiger partial charge on any atom is -0.451 e. The Hall–Kier alpha value is -2.41. The molecule has 0 bridgehead atoms. The second-order valence-corrected chi connectivity index (χ2v) is 8.55. The van der Waals surface area contributed by atoms with Crippen molar-refractivity contribution in [2.75, 3.05) is 0 Å². The quantitative estimate of drug-likeness (QED) is 0.680. The van der Waals surface area contributed by atoms with E-state index in [1.807, 2.05) is 33.8 Å². The Morgan fingerprint density at radius 1 is 1.33 bits per heavy atom. The van der Waals surface area contributed by atoms with E-state index in [9.17, 15) is 9.59 Å². The van der Waals surface area contributed by atoms with Crippen molar-refractivity contribution in [1.29, 1.82) is 0 Å². The minimum atomic E-state index is -0.638. The van der Waals surface area contributed by atoms with Gasteiger partial charge in [-0.3, -0.25) is 4.79 Å². The second kappa shape index (κ2) is 6.34. The van der Waals surface area contributed by atoms with Crippen molar-refractivity contribution in [2.45, 2.75) is 59.6 Å². The van der Waals surface area contributed by atoms with Crippen LogP contribution in [0.5, 0.6) is 0 Å². The van der Waals surface area contributed by atoms with E-state index in [4.69, 9.17) is 4.74 Å². The molecule has 1 fully saturated rings. The number of aryl methyl sites for hydroxylation is 3. The summed E-state index contributed by atoms with van der Waals surface area (Å²) < 4.78 is 7.85. The Labute approximate surface area is 161 Å².